The van der Waals surface area contributed by atoms with Gasteiger partial charge in [0.2, 0.25) is 0 Å². The smallest absolute Gasteiger partial charge is 0.0702 e. The lowest BCUT2D eigenvalue weighted by molar-refractivity contribution is 0.835. The van der Waals surface area contributed by atoms with Crippen molar-refractivity contribution in [2.24, 2.45) is 9.98 Å². The van der Waals surface area contributed by atoms with Crippen LogP contribution in [-0.4, -0.2) is 11.4 Å². The fraction of sp³-hybridized carbons (Fsp3) is 0.462. The molecule has 2 heteroatoms. The Hall–Kier alpha value is -2.22. The quantitative estimate of drug-likeness (QED) is 0.453. The van der Waals surface area contributed by atoms with Crippen LogP contribution in [-0.2, 0) is 0 Å². The molecule has 150 valence electrons. The van der Waals surface area contributed by atoms with Crippen molar-refractivity contribution in [3.05, 3.63) is 58.7 Å². The summed E-state index contributed by atoms with van der Waals surface area (Å²) in [6, 6.07) is 13.0. The van der Waals surface area contributed by atoms with Gasteiger partial charge in [0.1, 0.15) is 0 Å². The lowest BCUT2D eigenvalue weighted by Crippen LogP contribution is -2.07. The van der Waals surface area contributed by atoms with E-state index in [2.05, 4.69) is 98.7 Å². The molecule has 0 unspecified atom stereocenters. The second kappa shape index (κ2) is 9.32. The summed E-state index contributed by atoms with van der Waals surface area (Å²) in [5, 5.41) is 0. The molecule has 0 aliphatic heterocycles. The zero-order chi connectivity index (χ0) is 21.0. The lowest BCUT2D eigenvalue weighted by atomic mass is 9.93. The van der Waals surface area contributed by atoms with Crippen LogP contribution in [0.2, 0.25) is 0 Å². The van der Waals surface area contributed by atoms with Crippen LogP contribution >= 0.6 is 0 Å². The van der Waals surface area contributed by atoms with Crippen molar-refractivity contribution in [2.45, 2.75) is 80.1 Å². The van der Waals surface area contributed by atoms with Crippen molar-refractivity contribution in [1.29, 1.82) is 0 Å². The maximum atomic E-state index is 5.09. The molecule has 0 N–H and O–H groups in total. The highest BCUT2D eigenvalue weighted by atomic mass is 14.8. The van der Waals surface area contributed by atoms with Gasteiger partial charge in [-0.2, -0.15) is 0 Å². The highest BCUT2D eigenvalue weighted by Gasteiger charge is 2.14. The van der Waals surface area contributed by atoms with Gasteiger partial charge in [0.05, 0.1) is 22.8 Å². The van der Waals surface area contributed by atoms with E-state index in [0.29, 0.717) is 17.8 Å². The molecule has 0 aromatic heterocycles. The maximum Gasteiger partial charge on any atom is 0.0702 e. The summed E-state index contributed by atoms with van der Waals surface area (Å²) in [6.45, 7) is 19.7. The number of hydrogen-bond donors (Lipinski definition) is 0. The van der Waals surface area contributed by atoms with Crippen LogP contribution in [0.3, 0.4) is 0 Å². The molecule has 0 aliphatic rings. The summed E-state index contributed by atoms with van der Waals surface area (Å²) in [5.41, 5.74) is 9.27. The van der Waals surface area contributed by atoms with E-state index in [-0.39, 0.29) is 0 Å². The minimum absolute atomic E-state index is 0.436. The summed E-state index contributed by atoms with van der Waals surface area (Å²) in [7, 11) is 0. The molecule has 0 amide bonds. The second-order valence-corrected chi connectivity index (χ2v) is 8.66. The third-order valence-corrected chi connectivity index (χ3v) is 5.32. The number of hydrogen-bond acceptors (Lipinski definition) is 2. The first kappa shape index (κ1) is 22.1. The van der Waals surface area contributed by atoms with Crippen molar-refractivity contribution >= 4 is 22.8 Å². The number of aryl methyl sites for hydroxylation is 1. The zero-order valence-electron chi connectivity index (χ0n) is 19.1. The predicted octanol–water partition coefficient (Wildman–Crippen LogP) is 8.25. The van der Waals surface area contributed by atoms with Gasteiger partial charge in [-0.1, -0.05) is 77.9 Å². The molecular formula is C26H36N2. The average molecular weight is 377 g/mol. The molecule has 2 rings (SSSR count). The third kappa shape index (κ3) is 4.98. The van der Waals surface area contributed by atoms with Gasteiger partial charge >= 0.3 is 0 Å². The van der Waals surface area contributed by atoms with Gasteiger partial charge in [0, 0.05) is 0 Å². The minimum atomic E-state index is 0.436. The Morgan fingerprint density at radius 1 is 0.607 bits per heavy atom. The second-order valence-electron chi connectivity index (χ2n) is 8.66. The molecule has 2 aromatic carbocycles. The summed E-state index contributed by atoms with van der Waals surface area (Å²) >= 11 is 0. The first-order valence-corrected chi connectivity index (χ1v) is 10.5. The van der Waals surface area contributed by atoms with Crippen LogP contribution in [0.4, 0.5) is 11.4 Å². The lowest BCUT2D eigenvalue weighted by Gasteiger charge is -2.17. The molecule has 2 aromatic rings. The minimum Gasteiger partial charge on any atom is -0.251 e. The Morgan fingerprint density at radius 2 is 0.964 bits per heavy atom. The number of aliphatic imine (C=N–C) groups is 2. The van der Waals surface area contributed by atoms with Crippen LogP contribution in [0.15, 0.2) is 46.4 Å². The van der Waals surface area contributed by atoms with E-state index in [9.17, 15) is 0 Å². The standard InChI is InChI=1S/C26H36N2/c1-16(2)22-13-10-12-19(7)25(22)27-20(8)21(9)28-26-23(17(3)4)14-11-15-24(26)18(5)6/h10-18H,1-9H3. The largest absolute Gasteiger partial charge is 0.251 e. The van der Waals surface area contributed by atoms with E-state index in [0.717, 1.165) is 22.8 Å². The van der Waals surface area contributed by atoms with Crippen molar-refractivity contribution in [2.75, 3.05) is 0 Å². The summed E-state index contributed by atoms with van der Waals surface area (Å²) in [4.78, 5) is 10.1. The average Bonchev–Trinajstić information content (AvgIpc) is 2.62. The molecule has 2 nitrogen and oxygen atoms in total. The van der Waals surface area contributed by atoms with Crippen LogP contribution in [0.25, 0.3) is 0 Å². The molecule has 0 bridgehead atoms. The molecule has 0 radical (unpaired) electrons. The molecule has 0 aliphatic carbocycles. The Balaban J connectivity index is 2.57. The first-order valence-electron chi connectivity index (χ1n) is 10.5. The number of rotatable bonds is 6. The molecule has 0 spiro atoms. The van der Waals surface area contributed by atoms with Crippen molar-refractivity contribution in [3.8, 4) is 0 Å². The monoisotopic (exact) mass is 376 g/mol. The highest BCUT2D eigenvalue weighted by Crippen LogP contribution is 2.35. The van der Waals surface area contributed by atoms with Gasteiger partial charge in [-0.3, -0.25) is 9.98 Å². The summed E-state index contributed by atoms with van der Waals surface area (Å²) < 4.78 is 0. The topological polar surface area (TPSA) is 24.7 Å². The zero-order valence-corrected chi connectivity index (χ0v) is 19.1. The van der Waals surface area contributed by atoms with Crippen molar-refractivity contribution in [1.82, 2.24) is 0 Å². The van der Waals surface area contributed by atoms with E-state index in [1.807, 2.05) is 0 Å². The Labute approximate surface area is 171 Å². The third-order valence-electron chi connectivity index (χ3n) is 5.32. The highest BCUT2D eigenvalue weighted by molar-refractivity contribution is 6.41. The number of para-hydroxylation sites is 2. The summed E-state index contributed by atoms with van der Waals surface area (Å²) in [6.07, 6.45) is 0. The SMILES string of the molecule is CC(=Nc1c(C)cccc1C(C)C)C(C)=Nc1c(C(C)C)cccc1C(C)C. The molecule has 0 saturated heterocycles. The van der Waals surface area contributed by atoms with Gasteiger partial charge in [0.25, 0.3) is 0 Å². The Morgan fingerprint density at radius 3 is 1.39 bits per heavy atom. The first-order chi connectivity index (χ1) is 13.1. The van der Waals surface area contributed by atoms with Gasteiger partial charge in [0.15, 0.2) is 0 Å². The molecule has 0 heterocycles. The molecule has 28 heavy (non-hydrogen) atoms. The number of nitrogens with zero attached hydrogens (tertiary/aromatic N) is 2. The fourth-order valence-corrected chi connectivity index (χ4v) is 3.44. The number of benzene rings is 2. The van der Waals surface area contributed by atoms with E-state index in [1.165, 1.54) is 22.3 Å². The fourth-order valence-electron chi connectivity index (χ4n) is 3.44. The van der Waals surface area contributed by atoms with Crippen LogP contribution in [0.5, 0.6) is 0 Å². The van der Waals surface area contributed by atoms with Gasteiger partial charge in [-0.25, -0.2) is 0 Å². The van der Waals surface area contributed by atoms with Crippen molar-refractivity contribution < 1.29 is 0 Å². The van der Waals surface area contributed by atoms with E-state index >= 15 is 0 Å². The molecule has 0 fully saturated rings. The van der Waals surface area contributed by atoms with Crippen LogP contribution < -0.4 is 0 Å². The van der Waals surface area contributed by atoms with E-state index < -0.39 is 0 Å². The Bertz CT molecular complexity index is 857. The van der Waals surface area contributed by atoms with Crippen LogP contribution in [0, 0.1) is 6.92 Å². The van der Waals surface area contributed by atoms with Crippen molar-refractivity contribution in [3.63, 3.8) is 0 Å². The van der Waals surface area contributed by atoms with E-state index in [1.54, 1.807) is 0 Å². The predicted molar refractivity (Wildman–Crippen MR) is 125 cm³/mol. The normalized spacial score (nSPS) is 13.1. The van der Waals surface area contributed by atoms with Gasteiger partial charge in [-0.05, 0) is 60.8 Å². The van der Waals surface area contributed by atoms with Crippen LogP contribution in [0.1, 0.15) is 95.4 Å². The molecule has 0 atom stereocenters. The molecular weight excluding hydrogens is 340 g/mol. The van der Waals surface area contributed by atoms with Gasteiger partial charge in [-0.15, -0.1) is 0 Å². The van der Waals surface area contributed by atoms with E-state index in [4.69, 9.17) is 9.98 Å². The maximum absolute atomic E-state index is 5.09. The summed E-state index contributed by atoms with van der Waals surface area (Å²) in [5.74, 6) is 1.32. The van der Waals surface area contributed by atoms with Gasteiger partial charge < -0.3 is 0 Å². The molecule has 0 saturated carbocycles. The Kier molecular flexibility index (Phi) is 7.35.